The van der Waals surface area contributed by atoms with Crippen LogP contribution in [0.2, 0.25) is 0 Å². The van der Waals surface area contributed by atoms with Gasteiger partial charge in [-0.1, -0.05) is 11.6 Å². The summed E-state index contributed by atoms with van der Waals surface area (Å²) in [7, 11) is 1.57. The van der Waals surface area contributed by atoms with Gasteiger partial charge in [-0.15, -0.1) is 0 Å². The number of guanidine groups is 1. The molecule has 0 spiro atoms. The molecule has 1 aromatic rings. The maximum absolute atomic E-state index is 6.09. The predicted octanol–water partition coefficient (Wildman–Crippen LogP) is 1.65. The number of methoxy groups -OCH3 is 1. The van der Waals surface area contributed by atoms with Crippen molar-refractivity contribution in [3.8, 4) is 0 Å². The minimum atomic E-state index is -0.474. The maximum Gasteiger partial charge on any atom is 0.204 e. The summed E-state index contributed by atoms with van der Waals surface area (Å²) in [6.45, 7) is 4.07. The average Bonchev–Trinajstić information content (AvgIpc) is 2.80. The molecular formula is C11H16ClN5O. The number of rotatable bonds is 3. The minimum absolute atomic E-state index is 0.199. The van der Waals surface area contributed by atoms with E-state index in [2.05, 4.69) is 10.1 Å². The second kappa shape index (κ2) is 4.99. The van der Waals surface area contributed by atoms with Gasteiger partial charge in [-0.3, -0.25) is 4.90 Å². The van der Waals surface area contributed by atoms with Crippen molar-refractivity contribution >= 4 is 23.4 Å². The lowest BCUT2D eigenvalue weighted by Gasteiger charge is -2.33. The third-order valence-corrected chi connectivity index (χ3v) is 2.93. The van der Waals surface area contributed by atoms with Crippen molar-refractivity contribution in [3.63, 3.8) is 0 Å². The van der Waals surface area contributed by atoms with E-state index in [0.717, 1.165) is 5.82 Å². The zero-order valence-corrected chi connectivity index (χ0v) is 11.3. The van der Waals surface area contributed by atoms with Crippen LogP contribution in [0.25, 0.3) is 0 Å². The second-order valence-corrected chi connectivity index (χ2v) is 4.62. The van der Waals surface area contributed by atoms with Crippen LogP contribution in [0.4, 0.5) is 5.82 Å². The van der Waals surface area contributed by atoms with Crippen LogP contribution in [0, 0.1) is 0 Å². The van der Waals surface area contributed by atoms with Gasteiger partial charge in [0.15, 0.2) is 6.23 Å². The summed E-state index contributed by atoms with van der Waals surface area (Å²) in [5.74, 6) is 1.12. The van der Waals surface area contributed by atoms with Crippen LogP contribution in [0.15, 0.2) is 28.5 Å². The van der Waals surface area contributed by atoms with Crippen molar-refractivity contribution in [2.75, 3.05) is 12.0 Å². The Kier molecular flexibility index (Phi) is 3.58. The third kappa shape index (κ3) is 2.09. The molecule has 2 N–H and O–H groups in total. The number of nitrogens with two attached hydrogens (primary N) is 1. The molecule has 0 aliphatic carbocycles. The minimum Gasteiger partial charge on any atom is -0.369 e. The van der Waals surface area contributed by atoms with E-state index >= 15 is 0 Å². The molecule has 7 heteroatoms. The Balaban J connectivity index is 2.45. The average molecular weight is 270 g/mol. The van der Waals surface area contributed by atoms with E-state index < -0.39 is 6.23 Å². The lowest BCUT2D eigenvalue weighted by molar-refractivity contribution is 0.142. The standard InChI is InChI=1S/C11H16ClN5O/c1-7(2)17-9(4-5-15-17)16-10(18-3)8(12)6-14-11(16)13/h4-7,10H,1-3H3,(H2,13,14). The molecule has 1 unspecified atom stereocenters. The molecule has 1 aliphatic heterocycles. The molecule has 1 aromatic heterocycles. The Labute approximate surface area is 111 Å². The molecule has 98 valence electrons. The fourth-order valence-corrected chi connectivity index (χ4v) is 2.08. The Bertz CT molecular complexity index is 493. The topological polar surface area (TPSA) is 68.7 Å². The van der Waals surface area contributed by atoms with Gasteiger partial charge in [0.05, 0.1) is 11.2 Å². The number of ether oxygens (including phenoxy) is 1. The number of halogens is 1. The lowest BCUT2D eigenvalue weighted by atomic mass is 10.3. The molecule has 1 aliphatic rings. The van der Waals surface area contributed by atoms with E-state index in [1.807, 2.05) is 24.6 Å². The number of anilines is 1. The summed E-state index contributed by atoms with van der Waals surface area (Å²) < 4.78 is 7.21. The van der Waals surface area contributed by atoms with Crippen LogP contribution in [-0.4, -0.2) is 29.1 Å². The van der Waals surface area contributed by atoms with Gasteiger partial charge < -0.3 is 10.5 Å². The lowest BCUT2D eigenvalue weighted by Crippen LogP contribution is -2.48. The first kappa shape index (κ1) is 12.9. The zero-order chi connectivity index (χ0) is 13.3. The molecule has 6 nitrogen and oxygen atoms in total. The first-order valence-electron chi connectivity index (χ1n) is 5.60. The third-order valence-electron chi connectivity index (χ3n) is 2.65. The number of nitrogens with zero attached hydrogens (tertiary/aromatic N) is 4. The second-order valence-electron chi connectivity index (χ2n) is 4.19. The van der Waals surface area contributed by atoms with Crippen molar-refractivity contribution in [2.24, 2.45) is 10.7 Å². The van der Waals surface area contributed by atoms with Crippen molar-refractivity contribution in [3.05, 3.63) is 23.5 Å². The van der Waals surface area contributed by atoms with Crippen molar-refractivity contribution in [1.29, 1.82) is 0 Å². The van der Waals surface area contributed by atoms with E-state index in [1.165, 1.54) is 6.20 Å². The Morgan fingerprint density at radius 3 is 2.83 bits per heavy atom. The van der Waals surface area contributed by atoms with E-state index in [0.29, 0.717) is 11.0 Å². The van der Waals surface area contributed by atoms with E-state index in [1.54, 1.807) is 18.2 Å². The molecule has 1 atom stereocenters. The SMILES string of the molecule is COC1C(Cl)=CN=C(N)N1c1ccnn1C(C)C. The summed E-state index contributed by atoms with van der Waals surface area (Å²) in [5.41, 5.74) is 5.92. The summed E-state index contributed by atoms with van der Waals surface area (Å²) in [5, 5.41) is 4.74. The monoisotopic (exact) mass is 269 g/mol. The zero-order valence-electron chi connectivity index (χ0n) is 10.5. The van der Waals surface area contributed by atoms with Gasteiger partial charge in [-0.05, 0) is 13.8 Å². The first-order valence-corrected chi connectivity index (χ1v) is 5.98. The highest BCUT2D eigenvalue weighted by atomic mass is 35.5. The Morgan fingerprint density at radius 2 is 2.22 bits per heavy atom. The fraction of sp³-hybridized carbons (Fsp3) is 0.455. The van der Waals surface area contributed by atoms with Gasteiger partial charge in [0.1, 0.15) is 5.82 Å². The summed E-state index contributed by atoms with van der Waals surface area (Å²) in [6.07, 6.45) is 2.73. The van der Waals surface area contributed by atoms with Crippen LogP contribution in [0.5, 0.6) is 0 Å². The molecule has 0 saturated heterocycles. The molecular weight excluding hydrogens is 254 g/mol. The number of aromatic nitrogens is 2. The highest BCUT2D eigenvalue weighted by Gasteiger charge is 2.30. The van der Waals surface area contributed by atoms with Crippen LogP contribution >= 0.6 is 11.6 Å². The quantitative estimate of drug-likeness (QED) is 0.906. The van der Waals surface area contributed by atoms with Gasteiger partial charge in [-0.2, -0.15) is 5.10 Å². The summed E-state index contributed by atoms with van der Waals surface area (Å²) >= 11 is 6.09. The van der Waals surface area contributed by atoms with Crippen LogP contribution in [0.1, 0.15) is 19.9 Å². The van der Waals surface area contributed by atoms with Gasteiger partial charge in [0, 0.05) is 25.4 Å². The number of hydrogen-bond donors (Lipinski definition) is 1. The maximum atomic E-state index is 6.09. The van der Waals surface area contributed by atoms with E-state index in [9.17, 15) is 0 Å². The van der Waals surface area contributed by atoms with Gasteiger partial charge in [0.25, 0.3) is 0 Å². The van der Waals surface area contributed by atoms with E-state index in [-0.39, 0.29) is 6.04 Å². The molecule has 0 aromatic carbocycles. The highest BCUT2D eigenvalue weighted by Crippen LogP contribution is 2.27. The van der Waals surface area contributed by atoms with Crippen molar-refractivity contribution < 1.29 is 4.74 Å². The van der Waals surface area contributed by atoms with Crippen LogP contribution in [0.3, 0.4) is 0 Å². The van der Waals surface area contributed by atoms with Gasteiger partial charge in [0.2, 0.25) is 5.96 Å². The molecule has 0 saturated carbocycles. The summed E-state index contributed by atoms with van der Waals surface area (Å²) in [6, 6.07) is 2.05. The van der Waals surface area contributed by atoms with Crippen molar-refractivity contribution in [2.45, 2.75) is 26.1 Å². The number of hydrogen-bond acceptors (Lipinski definition) is 5. The van der Waals surface area contributed by atoms with E-state index in [4.69, 9.17) is 22.1 Å². The van der Waals surface area contributed by atoms with Crippen LogP contribution in [-0.2, 0) is 4.74 Å². The van der Waals surface area contributed by atoms with Crippen LogP contribution < -0.4 is 10.6 Å². The molecule has 2 rings (SSSR count). The molecule has 0 amide bonds. The number of aliphatic imine (C=N–C) groups is 1. The van der Waals surface area contributed by atoms with Gasteiger partial charge >= 0.3 is 0 Å². The molecule has 2 heterocycles. The van der Waals surface area contributed by atoms with Gasteiger partial charge in [-0.25, -0.2) is 9.67 Å². The smallest absolute Gasteiger partial charge is 0.204 e. The normalized spacial score (nSPS) is 20.1. The molecule has 0 radical (unpaired) electrons. The highest BCUT2D eigenvalue weighted by molar-refractivity contribution is 6.31. The molecule has 18 heavy (non-hydrogen) atoms. The molecule has 0 fully saturated rings. The Hall–Kier alpha value is -1.53. The predicted molar refractivity (Wildman–Crippen MR) is 71.4 cm³/mol. The Morgan fingerprint density at radius 1 is 1.50 bits per heavy atom. The summed E-state index contributed by atoms with van der Waals surface area (Å²) in [4.78, 5) is 5.77. The fourth-order valence-electron chi connectivity index (χ4n) is 1.85. The molecule has 0 bridgehead atoms. The largest absolute Gasteiger partial charge is 0.369 e. The first-order chi connectivity index (χ1) is 8.56. The van der Waals surface area contributed by atoms with Crippen molar-refractivity contribution in [1.82, 2.24) is 9.78 Å².